The molecule has 0 fully saturated rings. The van der Waals surface area contributed by atoms with Crippen molar-refractivity contribution in [2.45, 2.75) is 16.2 Å². The van der Waals surface area contributed by atoms with Crippen LogP contribution in [0.25, 0.3) is 0 Å². The largest absolute Gasteiger partial charge is 0.497 e. The van der Waals surface area contributed by atoms with Crippen LogP contribution < -0.4 is 9.64 Å². The minimum Gasteiger partial charge on any atom is -0.497 e. The number of aliphatic hydroxyl groups excluding tert-OH is 1. The minimum absolute atomic E-state index is 0.221. The molecular weight excluding hydrogens is 348 g/mol. The molecule has 1 aliphatic rings. The van der Waals surface area contributed by atoms with Crippen molar-refractivity contribution >= 4 is 23.4 Å². The van der Waals surface area contributed by atoms with Crippen LogP contribution in [0.15, 0.2) is 53.4 Å². The normalized spacial score (nSPS) is 23.4. The molecule has 138 valence electrons. The van der Waals surface area contributed by atoms with Crippen LogP contribution in [0.1, 0.15) is 16.3 Å². The first kappa shape index (κ1) is 14.1. The number of hydrogen-bond donors (Lipinski definition) is 1. The summed E-state index contributed by atoms with van der Waals surface area (Å²) in [6.07, 6.45) is -1.58. The van der Waals surface area contributed by atoms with Gasteiger partial charge in [-0.05, 0) is 43.9 Å². The Morgan fingerprint density at radius 3 is 2.58 bits per heavy atom. The number of para-hydroxylation sites is 1. The molecule has 3 rings (SSSR count). The van der Waals surface area contributed by atoms with Crippen LogP contribution >= 0.6 is 11.8 Å². The van der Waals surface area contributed by atoms with Gasteiger partial charge in [0.15, 0.2) is 0 Å². The number of benzene rings is 2. The first-order valence-corrected chi connectivity index (χ1v) is 8.99. The van der Waals surface area contributed by atoms with E-state index >= 15 is 0 Å². The lowest BCUT2D eigenvalue weighted by atomic mass is 10.1. The Bertz CT molecular complexity index is 925. The lowest BCUT2D eigenvalue weighted by Gasteiger charge is -2.26. The molecule has 1 N–H and O–H groups in total. The fourth-order valence-electron chi connectivity index (χ4n) is 2.63. The summed E-state index contributed by atoms with van der Waals surface area (Å²) in [6.45, 7) is -5.26. The number of rotatable bonds is 5. The number of amides is 1. The van der Waals surface area contributed by atoms with Crippen LogP contribution in [-0.4, -0.2) is 56.2 Å². The Morgan fingerprint density at radius 1 is 1.23 bits per heavy atom. The highest BCUT2D eigenvalue weighted by molar-refractivity contribution is 7.99. The smallest absolute Gasteiger partial charge is 0.257 e. The second-order valence-electron chi connectivity index (χ2n) is 6.02. The van der Waals surface area contributed by atoms with E-state index < -0.39 is 30.3 Å². The fraction of sp³-hybridized carbons (Fsp3) is 0.350. The van der Waals surface area contributed by atoms with Gasteiger partial charge in [-0.15, -0.1) is 11.8 Å². The van der Waals surface area contributed by atoms with Crippen LogP contribution in [0.2, 0.25) is 0 Å². The van der Waals surface area contributed by atoms with Crippen molar-refractivity contribution in [3.63, 3.8) is 0 Å². The summed E-state index contributed by atoms with van der Waals surface area (Å²) in [7, 11) is 4.34. The third kappa shape index (κ3) is 3.87. The van der Waals surface area contributed by atoms with E-state index in [0.29, 0.717) is 16.2 Å². The van der Waals surface area contributed by atoms with Crippen LogP contribution in [0.3, 0.4) is 0 Å². The Kier molecular flexibility index (Phi) is 4.40. The van der Waals surface area contributed by atoms with E-state index in [-0.39, 0.29) is 5.69 Å². The van der Waals surface area contributed by atoms with Gasteiger partial charge >= 0.3 is 0 Å². The van der Waals surface area contributed by atoms with Gasteiger partial charge in [0.1, 0.15) is 11.9 Å². The van der Waals surface area contributed by atoms with Crippen LogP contribution in [0.4, 0.5) is 5.69 Å². The Labute approximate surface area is 164 Å². The number of carbonyl (C=O) groups excluding carboxylic acids is 1. The van der Waals surface area contributed by atoms with Crippen molar-refractivity contribution in [2.75, 3.05) is 39.1 Å². The first-order valence-electron chi connectivity index (χ1n) is 10.1. The van der Waals surface area contributed by atoms with Crippen LogP contribution in [0.5, 0.6) is 5.75 Å². The van der Waals surface area contributed by atoms with E-state index in [4.69, 9.17) is 10.2 Å². The Balaban J connectivity index is 2.13. The fourth-order valence-corrected chi connectivity index (χ4v) is 3.88. The molecule has 6 heteroatoms. The molecule has 1 heterocycles. The predicted octanol–water partition coefficient (Wildman–Crippen LogP) is 2.80. The molecule has 0 aromatic heterocycles. The molecule has 1 amide bonds. The second kappa shape index (κ2) is 8.12. The quantitative estimate of drug-likeness (QED) is 0.870. The SMILES string of the molecule is [2H]C([2H])(N(C)C)C([2H])([2H])N1C(=O)[C@H](O)[C@H](c2ccc(OC)cc2)Sc2ccccc21. The third-order valence-electron chi connectivity index (χ3n) is 3.95. The maximum Gasteiger partial charge on any atom is 0.257 e. The highest BCUT2D eigenvalue weighted by atomic mass is 32.2. The molecule has 1 aliphatic heterocycles. The number of anilines is 1. The van der Waals surface area contributed by atoms with Gasteiger partial charge in [0.05, 0.1) is 20.8 Å². The van der Waals surface area contributed by atoms with Crippen LogP contribution in [-0.2, 0) is 4.79 Å². The zero-order chi connectivity index (χ0) is 22.3. The van der Waals surface area contributed by atoms with E-state index in [9.17, 15) is 9.90 Å². The zero-order valence-electron chi connectivity index (χ0n) is 18.8. The first-order chi connectivity index (χ1) is 14.0. The number of carbonyl (C=O) groups is 1. The number of ether oxygens (including phenoxy) is 1. The molecule has 0 spiro atoms. The number of methoxy groups -OCH3 is 1. The molecule has 2 aromatic rings. The minimum atomic E-state index is -2.75. The molecule has 0 aliphatic carbocycles. The van der Waals surface area contributed by atoms with Gasteiger partial charge in [-0.2, -0.15) is 0 Å². The molecule has 0 saturated heterocycles. The highest BCUT2D eigenvalue weighted by Crippen LogP contribution is 2.45. The predicted molar refractivity (Wildman–Crippen MR) is 105 cm³/mol. The van der Waals surface area contributed by atoms with E-state index in [2.05, 4.69) is 0 Å². The number of likely N-dealkylation sites (N-methyl/N-ethyl adjacent to an activating group) is 1. The van der Waals surface area contributed by atoms with Crippen molar-refractivity contribution in [3.8, 4) is 5.75 Å². The van der Waals surface area contributed by atoms with Crippen molar-refractivity contribution < 1.29 is 20.1 Å². The van der Waals surface area contributed by atoms with Gasteiger partial charge in [-0.1, -0.05) is 24.3 Å². The summed E-state index contributed by atoms with van der Waals surface area (Å²) in [5.41, 5.74) is 0.896. The van der Waals surface area contributed by atoms with Crippen molar-refractivity contribution in [1.29, 1.82) is 0 Å². The number of hydrogen-bond acceptors (Lipinski definition) is 5. The standard InChI is InChI=1S/C20H24N2O3S/c1-21(2)12-13-22-16-6-4-5-7-17(16)26-19(18(23)20(22)24)14-8-10-15(25-3)11-9-14/h4-11,18-19,23H,12-13H2,1-3H3/t18-,19+/m1/s1/i12D2,13D2. The maximum absolute atomic E-state index is 13.3. The third-order valence-corrected chi connectivity index (χ3v) is 5.33. The Hall–Kier alpha value is -2.02. The average Bonchev–Trinajstić information content (AvgIpc) is 2.82. The summed E-state index contributed by atoms with van der Waals surface area (Å²) >= 11 is 1.24. The number of aliphatic hydroxyl groups is 1. The topological polar surface area (TPSA) is 53.0 Å². The van der Waals surface area contributed by atoms with Crippen molar-refractivity contribution in [2.24, 2.45) is 0 Å². The van der Waals surface area contributed by atoms with E-state index in [0.717, 1.165) is 9.80 Å². The van der Waals surface area contributed by atoms with Gasteiger partial charge in [0.2, 0.25) is 0 Å². The highest BCUT2D eigenvalue weighted by Gasteiger charge is 2.37. The summed E-state index contributed by atoms with van der Waals surface area (Å²) in [4.78, 5) is 15.7. The van der Waals surface area contributed by atoms with E-state index in [1.54, 1.807) is 55.6 Å². The number of fused-ring (bicyclic) bond motifs is 1. The molecule has 2 atom stereocenters. The van der Waals surface area contributed by atoms with E-state index in [1.807, 2.05) is 0 Å². The molecule has 0 unspecified atom stereocenters. The molecule has 26 heavy (non-hydrogen) atoms. The molecule has 2 aromatic carbocycles. The van der Waals surface area contributed by atoms with Crippen LogP contribution in [0, 0.1) is 0 Å². The molecule has 0 saturated carbocycles. The van der Waals surface area contributed by atoms with Gasteiger partial charge in [0.25, 0.3) is 5.91 Å². The summed E-state index contributed by atoms with van der Waals surface area (Å²) in [5, 5.41) is 10.3. The van der Waals surface area contributed by atoms with Gasteiger partial charge in [-0.3, -0.25) is 4.79 Å². The molecule has 0 radical (unpaired) electrons. The van der Waals surface area contributed by atoms with Crippen molar-refractivity contribution in [1.82, 2.24) is 4.90 Å². The summed E-state index contributed by atoms with van der Waals surface area (Å²) < 4.78 is 38.8. The molecular formula is C20H24N2O3S. The number of nitrogens with zero attached hydrogens (tertiary/aromatic N) is 2. The van der Waals surface area contributed by atoms with Gasteiger partial charge < -0.3 is 19.6 Å². The average molecular weight is 377 g/mol. The second-order valence-corrected chi connectivity index (χ2v) is 7.20. The van der Waals surface area contributed by atoms with Gasteiger partial charge in [-0.25, -0.2) is 0 Å². The van der Waals surface area contributed by atoms with Gasteiger partial charge in [0, 0.05) is 20.6 Å². The summed E-state index contributed by atoms with van der Waals surface area (Å²) in [5.74, 6) is -0.264. The molecule has 0 bridgehead atoms. The van der Waals surface area contributed by atoms with E-state index in [1.165, 1.54) is 25.9 Å². The lowest BCUT2D eigenvalue weighted by Crippen LogP contribution is -2.43. The summed E-state index contributed by atoms with van der Waals surface area (Å²) in [6, 6.07) is 13.7. The van der Waals surface area contributed by atoms with Crippen molar-refractivity contribution in [3.05, 3.63) is 54.1 Å². The number of thioether (sulfide) groups is 1. The monoisotopic (exact) mass is 376 g/mol. The maximum atomic E-state index is 13.3. The Morgan fingerprint density at radius 2 is 1.92 bits per heavy atom. The lowest BCUT2D eigenvalue weighted by molar-refractivity contribution is -0.126. The molecule has 5 nitrogen and oxygen atoms in total. The zero-order valence-corrected chi connectivity index (χ0v) is 15.7.